The number of halogens is 2. The first-order chi connectivity index (χ1) is 8.13. The highest BCUT2D eigenvalue weighted by atomic mass is 35.5. The molecule has 0 bridgehead atoms. The third-order valence-electron chi connectivity index (χ3n) is 2.74. The molecule has 17 heavy (non-hydrogen) atoms. The van der Waals surface area contributed by atoms with Crippen LogP contribution in [0, 0.1) is 13.8 Å². The molecule has 1 aromatic carbocycles. The van der Waals surface area contributed by atoms with Crippen LogP contribution in [-0.4, -0.2) is 15.7 Å². The Morgan fingerprint density at radius 2 is 1.82 bits per heavy atom. The Labute approximate surface area is 111 Å². The van der Waals surface area contributed by atoms with Crippen molar-refractivity contribution in [2.24, 2.45) is 0 Å². The zero-order valence-electron chi connectivity index (χ0n) is 9.87. The van der Waals surface area contributed by atoms with E-state index in [1.54, 1.807) is 4.68 Å². The van der Waals surface area contributed by atoms with Gasteiger partial charge in [0.1, 0.15) is 5.15 Å². The van der Waals surface area contributed by atoms with Crippen molar-refractivity contribution in [3.05, 3.63) is 46.2 Å². The van der Waals surface area contributed by atoms with Crippen molar-refractivity contribution in [1.29, 1.82) is 0 Å². The molecule has 0 fully saturated rings. The van der Waals surface area contributed by atoms with Crippen LogP contribution < -0.4 is 0 Å². The monoisotopic (exact) mass is 268 g/mol. The van der Waals surface area contributed by atoms with Crippen LogP contribution in [0.4, 0.5) is 0 Å². The van der Waals surface area contributed by atoms with Crippen molar-refractivity contribution in [1.82, 2.24) is 9.78 Å². The molecule has 2 rings (SSSR count). The fourth-order valence-corrected chi connectivity index (χ4v) is 2.32. The van der Waals surface area contributed by atoms with Gasteiger partial charge in [-0.25, -0.2) is 4.68 Å². The molecule has 0 saturated heterocycles. The number of aromatic nitrogens is 2. The molecule has 0 radical (unpaired) electrons. The second-order valence-corrected chi connectivity index (χ2v) is 4.78. The number of rotatable bonds is 3. The van der Waals surface area contributed by atoms with Gasteiger partial charge in [0.25, 0.3) is 0 Å². The second-order valence-electron chi connectivity index (χ2n) is 4.04. The van der Waals surface area contributed by atoms with Gasteiger partial charge >= 0.3 is 0 Å². The highest BCUT2D eigenvalue weighted by Gasteiger charge is 2.13. The van der Waals surface area contributed by atoms with Crippen LogP contribution >= 0.6 is 23.2 Å². The predicted molar refractivity (Wildman–Crippen MR) is 72.5 cm³/mol. The molecule has 0 unspecified atom stereocenters. The molecule has 0 aliphatic heterocycles. The Morgan fingerprint density at radius 1 is 1.18 bits per heavy atom. The molecular weight excluding hydrogens is 255 g/mol. The normalized spacial score (nSPS) is 10.8. The third-order valence-corrected chi connectivity index (χ3v) is 3.32. The summed E-state index contributed by atoms with van der Waals surface area (Å²) in [7, 11) is 0. The van der Waals surface area contributed by atoms with Gasteiger partial charge < -0.3 is 0 Å². The molecule has 90 valence electrons. The van der Waals surface area contributed by atoms with E-state index < -0.39 is 0 Å². The van der Waals surface area contributed by atoms with Crippen molar-refractivity contribution in [3.63, 3.8) is 0 Å². The molecule has 0 N–H and O–H groups in total. The molecule has 0 amide bonds. The minimum Gasteiger partial charge on any atom is -0.222 e. The highest BCUT2D eigenvalue weighted by molar-refractivity contribution is 6.30. The molecule has 4 heteroatoms. The summed E-state index contributed by atoms with van der Waals surface area (Å²) in [4.78, 5) is 0. The smallest absolute Gasteiger partial charge is 0.136 e. The molecule has 2 aromatic rings. The van der Waals surface area contributed by atoms with Crippen LogP contribution in [0.25, 0.3) is 5.69 Å². The van der Waals surface area contributed by atoms with E-state index in [9.17, 15) is 0 Å². The first-order valence-corrected chi connectivity index (χ1v) is 6.41. The second kappa shape index (κ2) is 5.11. The molecule has 2 nitrogen and oxygen atoms in total. The summed E-state index contributed by atoms with van der Waals surface area (Å²) < 4.78 is 1.76. The Balaban J connectivity index is 2.46. The van der Waals surface area contributed by atoms with Gasteiger partial charge in [-0.05, 0) is 32.4 Å². The zero-order valence-corrected chi connectivity index (χ0v) is 11.4. The summed E-state index contributed by atoms with van der Waals surface area (Å²) in [5.74, 6) is 0.556. The topological polar surface area (TPSA) is 17.8 Å². The van der Waals surface area contributed by atoms with Crippen molar-refractivity contribution in [3.8, 4) is 5.69 Å². The molecule has 1 heterocycles. The van der Waals surface area contributed by atoms with Gasteiger partial charge in [-0.15, -0.1) is 11.6 Å². The lowest BCUT2D eigenvalue weighted by atomic mass is 10.2. The van der Waals surface area contributed by atoms with E-state index in [0.29, 0.717) is 11.0 Å². The van der Waals surface area contributed by atoms with Gasteiger partial charge in [-0.3, -0.25) is 0 Å². The molecule has 0 spiro atoms. The minimum atomic E-state index is 0.556. The summed E-state index contributed by atoms with van der Waals surface area (Å²) in [6, 6.07) is 8.12. The van der Waals surface area contributed by atoms with E-state index in [1.807, 2.05) is 31.2 Å². The fraction of sp³-hybridized carbons (Fsp3) is 0.308. The van der Waals surface area contributed by atoms with Gasteiger partial charge in [0.15, 0.2) is 0 Å². The lowest BCUT2D eigenvalue weighted by molar-refractivity contribution is 0.863. The molecular formula is C13H14Cl2N2. The van der Waals surface area contributed by atoms with Crippen molar-refractivity contribution in [2.45, 2.75) is 20.3 Å². The van der Waals surface area contributed by atoms with Gasteiger partial charge in [0.2, 0.25) is 0 Å². The average Bonchev–Trinajstić information content (AvgIpc) is 2.59. The molecule has 0 aliphatic carbocycles. The summed E-state index contributed by atoms with van der Waals surface area (Å²) in [6.45, 7) is 4.01. The predicted octanol–water partition coefficient (Wildman–Crippen LogP) is 3.92. The summed E-state index contributed by atoms with van der Waals surface area (Å²) >= 11 is 12.1. The van der Waals surface area contributed by atoms with Crippen molar-refractivity contribution in [2.75, 3.05) is 5.88 Å². The molecule has 0 aliphatic rings. The average molecular weight is 269 g/mol. The van der Waals surface area contributed by atoms with Crippen LogP contribution in [0.5, 0.6) is 0 Å². The van der Waals surface area contributed by atoms with Crippen LogP contribution in [0.1, 0.15) is 16.8 Å². The van der Waals surface area contributed by atoms with Gasteiger partial charge in [-0.2, -0.15) is 5.10 Å². The number of alkyl halides is 1. The van der Waals surface area contributed by atoms with Crippen molar-refractivity contribution >= 4 is 23.2 Å². The maximum atomic E-state index is 6.32. The highest BCUT2D eigenvalue weighted by Crippen LogP contribution is 2.24. The zero-order chi connectivity index (χ0) is 12.4. The molecule has 0 saturated carbocycles. The van der Waals surface area contributed by atoms with Gasteiger partial charge in [-0.1, -0.05) is 29.3 Å². The maximum absolute atomic E-state index is 6.32. The number of aryl methyl sites for hydroxylation is 2. The summed E-state index contributed by atoms with van der Waals surface area (Å²) in [5.41, 5.74) is 4.16. The van der Waals surface area contributed by atoms with Crippen LogP contribution in [0.3, 0.4) is 0 Å². The summed E-state index contributed by atoms with van der Waals surface area (Å²) in [6.07, 6.45) is 0.748. The van der Waals surface area contributed by atoms with Crippen LogP contribution in [0.2, 0.25) is 5.15 Å². The first kappa shape index (κ1) is 12.5. The first-order valence-electron chi connectivity index (χ1n) is 5.50. The Hall–Kier alpha value is -0.990. The van der Waals surface area contributed by atoms with E-state index >= 15 is 0 Å². The van der Waals surface area contributed by atoms with Crippen LogP contribution in [-0.2, 0) is 6.42 Å². The summed E-state index contributed by atoms with van der Waals surface area (Å²) in [5, 5.41) is 5.11. The van der Waals surface area contributed by atoms with Gasteiger partial charge in [0.05, 0.1) is 11.4 Å². The standard InChI is InChI=1S/C13H14Cl2N2/c1-9-3-5-11(6-4-9)17-13(15)12(7-8-14)10(2)16-17/h3-6H,7-8H2,1-2H3. The Morgan fingerprint density at radius 3 is 2.41 bits per heavy atom. The molecule has 0 atom stereocenters. The van der Waals surface area contributed by atoms with Crippen molar-refractivity contribution < 1.29 is 0 Å². The van der Waals surface area contributed by atoms with E-state index in [-0.39, 0.29) is 0 Å². The van der Waals surface area contributed by atoms with Gasteiger partial charge in [0, 0.05) is 11.4 Å². The van der Waals surface area contributed by atoms with E-state index in [0.717, 1.165) is 23.4 Å². The van der Waals surface area contributed by atoms with E-state index in [4.69, 9.17) is 23.2 Å². The largest absolute Gasteiger partial charge is 0.222 e. The lowest BCUT2D eigenvalue weighted by Gasteiger charge is -2.03. The number of hydrogen-bond acceptors (Lipinski definition) is 1. The quantitative estimate of drug-likeness (QED) is 0.772. The van der Waals surface area contributed by atoms with E-state index in [1.165, 1.54) is 5.56 Å². The SMILES string of the molecule is Cc1ccc(-n2nc(C)c(CCCl)c2Cl)cc1. The Kier molecular flexibility index (Phi) is 3.75. The fourth-order valence-electron chi connectivity index (χ4n) is 1.77. The third kappa shape index (κ3) is 2.48. The molecule has 1 aromatic heterocycles. The number of benzene rings is 1. The van der Waals surface area contributed by atoms with E-state index in [2.05, 4.69) is 12.0 Å². The number of nitrogens with zero attached hydrogens (tertiary/aromatic N) is 2. The maximum Gasteiger partial charge on any atom is 0.136 e. The lowest BCUT2D eigenvalue weighted by Crippen LogP contribution is -1.96. The Bertz CT molecular complexity index is 515. The van der Waals surface area contributed by atoms with Crippen LogP contribution in [0.15, 0.2) is 24.3 Å². The number of hydrogen-bond donors (Lipinski definition) is 0. The minimum absolute atomic E-state index is 0.556.